The molecule has 3 rings (SSSR count). The fraction of sp³-hybridized carbons (Fsp3) is 0.467. The Kier molecular flexibility index (Phi) is 4.76. The van der Waals surface area contributed by atoms with Crippen LogP contribution >= 0.6 is 11.6 Å². The first kappa shape index (κ1) is 15.7. The molecule has 2 aromatic heterocycles. The fourth-order valence-electron chi connectivity index (χ4n) is 2.60. The molecule has 1 saturated heterocycles. The number of aromatic nitrogens is 3. The Labute approximate surface area is 139 Å². The largest absolute Gasteiger partial charge is 0.339 e. The molecule has 23 heavy (non-hydrogen) atoms. The summed E-state index contributed by atoms with van der Waals surface area (Å²) in [6, 6.07) is 3.47. The van der Waals surface area contributed by atoms with Crippen LogP contribution < -0.4 is 5.32 Å². The minimum atomic E-state index is -0.0816. The summed E-state index contributed by atoms with van der Waals surface area (Å²) in [5, 5.41) is 7.28. The third-order valence-corrected chi connectivity index (χ3v) is 4.11. The number of likely N-dealkylation sites (tertiary alicyclic amines) is 1. The van der Waals surface area contributed by atoms with E-state index >= 15 is 0 Å². The van der Waals surface area contributed by atoms with Crippen molar-refractivity contribution in [1.82, 2.24) is 25.3 Å². The van der Waals surface area contributed by atoms with Gasteiger partial charge in [-0.25, -0.2) is 4.79 Å². The van der Waals surface area contributed by atoms with E-state index in [1.54, 1.807) is 30.2 Å². The van der Waals surface area contributed by atoms with Crippen molar-refractivity contribution in [3.05, 3.63) is 40.8 Å². The van der Waals surface area contributed by atoms with E-state index in [0.29, 0.717) is 36.4 Å². The number of urea groups is 1. The number of amides is 2. The lowest BCUT2D eigenvalue weighted by Crippen LogP contribution is -2.43. The summed E-state index contributed by atoms with van der Waals surface area (Å²) in [6.45, 7) is 3.54. The highest BCUT2D eigenvalue weighted by molar-refractivity contribution is 6.30. The molecule has 2 aromatic rings. The van der Waals surface area contributed by atoms with Gasteiger partial charge in [0.2, 0.25) is 5.89 Å². The number of pyridine rings is 1. The molecule has 1 N–H and O–H groups in total. The number of carbonyl (C=O) groups is 1. The topological polar surface area (TPSA) is 84.2 Å². The zero-order valence-electron chi connectivity index (χ0n) is 12.8. The molecule has 122 valence electrons. The van der Waals surface area contributed by atoms with E-state index in [1.807, 2.05) is 0 Å². The van der Waals surface area contributed by atoms with Gasteiger partial charge in [-0.05, 0) is 31.9 Å². The minimum Gasteiger partial charge on any atom is -0.339 e. The Morgan fingerprint density at radius 1 is 1.43 bits per heavy atom. The Morgan fingerprint density at radius 2 is 2.22 bits per heavy atom. The van der Waals surface area contributed by atoms with Crippen LogP contribution in [0.4, 0.5) is 4.79 Å². The number of hydrogen-bond acceptors (Lipinski definition) is 5. The highest BCUT2D eigenvalue weighted by Gasteiger charge is 2.27. The average Bonchev–Trinajstić information content (AvgIpc) is 3.01. The van der Waals surface area contributed by atoms with Crippen LogP contribution in [0.25, 0.3) is 0 Å². The predicted octanol–water partition coefficient (Wildman–Crippen LogP) is 2.52. The van der Waals surface area contributed by atoms with E-state index in [-0.39, 0.29) is 11.9 Å². The molecule has 2 amide bonds. The van der Waals surface area contributed by atoms with Gasteiger partial charge in [-0.15, -0.1) is 0 Å². The van der Waals surface area contributed by atoms with Gasteiger partial charge in [-0.3, -0.25) is 4.98 Å². The number of nitrogens with zero attached hydrogens (tertiary/aromatic N) is 4. The molecular formula is C15H18ClN5O2. The molecule has 8 heteroatoms. The first-order valence-corrected chi connectivity index (χ1v) is 7.93. The third-order valence-electron chi connectivity index (χ3n) is 3.88. The number of aryl methyl sites for hydroxylation is 1. The van der Waals surface area contributed by atoms with Gasteiger partial charge >= 0.3 is 6.03 Å². The Morgan fingerprint density at radius 3 is 2.83 bits per heavy atom. The standard InChI is InChI=1S/C15H18ClN5O2/c1-10-19-14(23-20-10)11-4-6-21(7-5-11)15(22)18-9-13-3-2-12(16)8-17-13/h2-3,8,11H,4-7,9H2,1H3,(H,18,22). The highest BCUT2D eigenvalue weighted by atomic mass is 35.5. The van der Waals surface area contributed by atoms with Gasteiger partial charge < -0.3 is 14.7 Å². The van der Waals surface area contributed by atoms with E-state index < -0.39 is 0 Å². The van der Waals surface area contributed by atoms with Gasteiger partial charge in [0.05, 0.1) is 17.3 Å². The van der Waals surface area contributed by atoms with Crippen LogP contribution in [0.5, 0.6) is 0 Å². The van der Waals surface area contributed by atoms with Crippen molar-refractivity contribution in [1.29, 1.82) is 0 Å². The highest BCUT2D eigenvalue weighted by Crippen LogP contribution is 2.26. The lowest BCUT2D eigenvalue weighted by Gasteiger charge is -2.30. The van der Waals surface area contributed by atoms with Crippen molar-refractivity contribution in [3.63, 3.8) is 0 Å². The second-order valence-corrected chi connectivity index (χ2v) is 6.00. The van der Waals surface area contributed by atoms with Gasteiger partial charge in [-0.1, -0.05) is 16.8 Å². The fourth-order valence-corrected chi connectivity index (χ4v) is 2.71. The molecule has 0 aromatic carbocycles. The first-order chi connectivity index (χ1) is 11.1. The van der Waals surface area contributed by atoms with Crippen molar-refractivity contribution in [3.8, 4) is 0 Å². The molecule has 0 bridgehead atoms. The van der Waals surface area contributed by atoms with Gasteiger partial charge in [0.25, 0.3) is 0 Å². The van der Waals surface area contributed by atoms with E-state index in [2.05, 4.69) is 20.4 Å². The van der Waals surface area contributed by atoms with E-state index in [9.17, 15) is 4.79 Å². The Balaban J connectivity index is 1.47. The number of rotatable bonds is 3. The van der Waals surface area contributed by atoms with Crippen LogP contribution in [0, 0.1) is 6.92 Å². The SMILES string of the molecule is Cc1noc(C2CCN(C(=O)NCc3ccc(Cl)cn3)CC2)n1. The molecule has 0 aliphatic carbocycles. The maximum Gasteiger partial charge on any atom is 0.317 e. The van der Waals surface area contributed by atoms with Crippen molar-refractivity contribution in [2.45, 2.75) is 32.2 Å². The molecule has 3 heterocycles. The second kappa shape index (κ2) is 6.95. The average molecular weight is 336 g/mol. The van der Waals surface area contributed by atoms with Crippen LogP contribution in [0.15, 0.2) is 22.9 Å². The van der Waals surface area contributed by atoms with Crippen LogP contribution in [-0.2, 0) is 6.54 Å². The molecule has 0 spiro atoms. The smallest absolute Gasteiger partial charge is 0.317 e. The zero-order valence-corrected chi connectivity index (χ0v) is 13.6. The van der Waals surface area contributed by atoms with Crippen molar-refractivity contribution >= 4 is 17.6 Å². The lowest BCUT2D eigenvalue weighted by molar-refractivity contribution is 0.175. The zero-order chi connectivity index (χ0) is 16.2. The minimum absolute atomic E-state index is 0.0816. The summed E-state index contributed by atoms with van der Waals surface area (Å²) in [7, 11) is 0. The van der Waals surface area contributed by atoms with E-state index in [1.165, 1.54) is 0 Å². The van der Waals surface area contributed by atoms with Crippen LogP contribution in [0.2, 0.25) is 5.02 Å². The summed E-state index contributed by atoms with van der Waals surface area (Å²) >= 11 is 5.79. The van der Waals surface area contributed by atoms with Gasteiger partial charge in [0.15, 0.2) is 5.82 Å². The number of hydrogen-bond donors (Lipinski definition) is 1. The van der Waals surface area contributed by atoms with Gasteiger partial charge in [-0.2, -0.15) is 4.98 Å². The molecule has 0 unspecified atom stereocenters. The normalized spacial score (nSPS) is 15.7. The first-order valence-electron chi connectivity index (χ1n) is 7.55. The van der Waals surface area contributed by atoms with E-state index in [0.717, 1.165) is 18.5 Å². The molecule has 0 saturated carbocycles. The second-order valence-electron chi connectivity index (χ2n) is 5.57. The Bertz CT molecular complexity index is 665. The predicted molar refractivity (Wildman–Crippen MR) is 84.1 cm³/mol. The monoisotopic (exact) mass is 335 g/mol. The molecule has 0 radical (unpaired) electrons. The molecule has 1 aliphatic rings. The van der Waals surface area contributed by atoms with Crippen LogP contribution in [0.3, 0.4) is 0 Å². The number of nitrogens with one attached hydrogen (secondary N) is 1. The maximum atomic E-state index is 12.2. The maximum absolute atomic E-state index is 12.2. The molecule has 7 nitrogen and oxygen atoms in total. The summed E-state index contributed by atoms with van der Waals surface area (Å²) < 4.78 is 5.22. The number of halogens is 1. The molecule has 1 aliphatic heterocycles. The van der Waals surface area contributed by atoms with Crippen LogP contribution in [0.1, 0.15) is 36.2 Å². The summed E-state index contributed by atoms with van der Waals surface area (Å²) in [4.78, 5) is 22.4. The number of piperidine rings is 1. The summed E-state index contributed by atoms with van der Waals surface area (Å²) in [6.07, 6.45) is 3.23. The summed E-state index contributed by atoms with van der Waals surface area (Å²) in [5.41, 5.74) is 0.777. The molecule has 0 atom stereocenters. The van der Waals surface area contributed by atoms with E-state index in [4.69, 9.17) is 16.1 Å². The third kappa shape index (κ3) is 3.98. The molecular weight excluding hydrogens is 318 g/mol. The summed E-state index contributed by atoms with van der Waals surface area (Å²) in [5.74, 6) is 1.56. The van der Waals surface area contributed by atoms with Crippen molar-refractivity contribution in [2.24, 2.45) is 0 Å². The van der Waals surface area contributed by atoms with Crippen LogP contribution in [-0.4, -0.2) is 39.1 Å². The number of carbonyl (C=O) groups excluding carboxylic acids is 1. The van der Waals surface area contributed by atoms with Crippen molar-refractivity contribution in [2.75, 3.05) is 13.1 Å². The van der Waals surface area contributed by atoms with Gasteiger partial charge in [0, 0.05) is 25.2 Å². The molecule has 1 fully saturated rings. The van der Waals surface area contributed by atoms with Gasteiger partial charge in [0.1, 0.15) is 0 Å². The van der Waals surface area contributed by atoms with Crippen molar-refractivity contribution < 1.29 is 9.32 Å². The quantitative estimate of drug-likeness (QED) is 0.931. The lowest BCUT2D eigenvalue weighted by atomic mass is 9.97. The Hall–Kier alpha value is -2.15.